The van der Waals surface area contributed by atoms with Crippen LogP contribution in [0.2, 0.25) is 0 Å². The highest BCUT2D eigenvalue weighted by atomic mass is 19.1. The summed E-state index contributed by atoms with van der Waals surface area (Å²) in [5.74, 6) is -1.86. The first kappa shape index (κ1) is 19.9. The van der Waals surface area contributed by atoms with E-state index in [2.05, 4.69) is 15.1 Å². The number of para-hydroxylation sites is 1. The minimum absolute atomic E-state index is 0.0770. The van der Waals surface area contributed by atoms with Crippen LogP contribution in [-0.2, 0) is 4.79 Å². The van der Waals surface area contributed by atoms with Gasteiger partial charge in [-0.1, -0.05) is 18.2 Å². The van der Waals surface area contributed by atoms with E-state index >= 15 is 0 Å². The van der Waals surface area contributed by atoms with Crippen LogP contribution in [-0.4, -0.2) is 66.0 Å². The highest BCUT2D eigenvalue weighted by Crippen LogP contribution is 2.37. The summed E-state index contributed by atoms with van der Waals surface area (Å²) in [6.45, 7) is 3.05. The van der Waals surface area contributed by atoms with E-state index in [-0.39, 0.29) is 17.5 Å². The SMILES string of the molecule is O=C(c1ccc(F)cc1F)N1CC(N2CCC3(CC2)C(=O)NCN3c2ccccc2)C1. The molecule has 8 heteroatoms. The second kappa shape index (κ2) is 7.60. The fraction of sp³-hybridized carbons (Fsp3) is 0.391. The van der Waals surface area contributed by atoms with Crippen LogP contribution in [0.15, 0.2) is 48.5 Å². The van der Waals surface area contributed by atoms with Crippen molar-refractivity contribution in [2.45, 2.75) is 24.4 Å². The molecule has 0 saturated carbocycles. The van der Waals surface area contributed by atoms with E-state index in [1.807, 2.05) is 30.3 Å². The molecule has 3 heterocycles. The number of rotatable bonds is 3. The zero-order valence-corrected chi connectivity index (χ0v) is 17.1. The minimum atomic E-state index is -0.832. The lowest BCUT2D eigenvalue weighted by Crippen LogP contribution is -2.65. The van der Waals surface area contributed by atoms with Crippen LogP contribution in [0.1, 0.15) is 23.2 Å². The van der Waals surface area contributed by atoms with E-state index in [1.165, 1.54) is 6.07 Å². The number of hydrogen-bond donors (Lipinski definition) is 1. The van der Waals surface area contributed by atoms with Gasteiger partial charge in [0, 0.05) is 44.0 Å². The topological polar surface area (TPSA) is 55.9 Å². The lowest BCUT2D eigenvalue weighted by atomic mass is 9.84. The first-order valence-electron chi connectivity index (χ1n) is 10.6. The van der Waals surface area contributed by atoms with Gasteiger partial charge in [0.15, 0.2) is 0 Å². The highest BCUT2D eigenvalue weighted by molar-refractivity contribution is 5.95. The van der Waals surface area contributed by atoms with Gasteiger partial charge in [0.25, 0.3) is 5.91 Å². The van der Waals surface area contributed by atoms with Crippen LogP contribution in [0.5, 0.6) is 0 Å². The summed E-state index contributed by atoms with van der Waals surface area (Å²) in [4.78, 5) is 31.3. The quantitative estimate of drug-likeness (QED) is 0.818. The van der Waals surface area contributed by atoms with E-state index in [0.29, 0.717) is 32.6 Å². The molecule has 2 aromatic carbocycles. The smallest absolute Gasteiger partial charge is 0.256 e. The minimum Gasteiger partial charge on any atom is -0.339 e. The van der Waals surface area contributed by atoms with Crippen molar-refractivity contribution in [3.8, 4) is 0 Å². The number of likely N-dealkylation sites (tertiary alicyclic amines) is 2. The van der Waals surface area contributed by atoms with Crippen molar-refractivity contribution in [2.75, 3.05) is 37.7 Å². The largest absolute Gasteiger partial charge is 0.339 e. The fourth-order valence-electron chi connectivity index (χ4n) is 4.98. The number of piperidine rings is 1. The van der Waals surface area contributed by atoms with Crippen molar-refractivity contribution in [1.29, 1.82) is 0 Å². The number of halogens is 2. The summed E-state index contributed by atoms with van der Waals surface area (Å²) in [7, 11) is 0. The molecule has 31 heavy (non-hydrogen) atoms. The van der Waals surface area contributed by atoms with E-state index in [4.69, 9.17) is 0 Å². The highest BCUT2D eigenvalue weighted by Gasteiger charge is 2.51. The van der Waals surface area contributed by atoms with Crippen molar-refractivity contribution in [1.82, 2.24) is 15.1 Å². The van der Waals surface area contributed by atoms with E-state index in [9.17, 15) is 18.4 Å². The zero-order chi connectivity index (χ0) is 21.6. The summed E-state index contributed by atoms with van der Waals surface area (Å²) in [5, 5.41) is 3.00. The number of benzene rings is 2. The van der Waals surface area contributed by atoms with Crippen LogP contribution >= 0.6 is 0 Å². The third-order valence-electron chi connectivity index (χ3n) is 6.86. The molecule has 5 rings (SSSR count). The normalized spacial score (nSPS) is 21.3. The zero-order valence-electron chi connectivity index (χ0n) is 17.1. The van der Waals surface area contributed by atoms with Gasteiger partial charge in [0.2, 0.25) is 5.91 Å². The average molecular weight is 426 g/mol. The first-order valence-corrected chi connectivity index (χ1v) is 10.6. The molecule has 3 saturated heterocycles. The number of nitrogens with one attached hydrogen (secondary N) is 1. The van der Waals surface area contributed by atoms with Crippen molar-refractivity contribution >= 4 is 17.5 Å². The standard InChI is InChI=1S/C23H24F2N4O2/c24-16-6-7-19(20(25)12-16)21(30)28-13-18(14-28)27-10-8-23(9-11-27)22(31)26-15-29(23)17-4-2-1-3-5-17/h1-7,12,18H,8-11,13-15H2,(H,26,31). The molecule has 0 unspecified atom stereocenters. The van der Waals surface area contributed by atoms with Gasteiger partial charge in [-0.15, -0.1) is 0 Å². The predicted octanol–water partition coefficient (Wildman–Crippen LogP) is 2.22. The molecular weight excluding hydrogens is 402 g/mol. The molecule has 0 radical (unpaired) electrons. The van der Waals surface area contributed by atoms with Crippen molar-refractivity contribution in [3.63, 3.8) is 0 Å². The van der Waals surface area contributed by atoms with Gasteiger partial charge in [-0.05, 0) is 37.1 Å². The van der Waals surface area contributed by atoms with Crippen LogP contribution in [0.4, 0.5) is 14.5 Å². The lowest BCUT2D eigenvalue weighted by Gasteiger charge is -2.50. The van der Waals surface area contributed by atoms with Crippen molar-refractivity contribution < 1.29 is 18.4 Å². The predicted molar refractivity (Wildman–Crippen MR) is 112 cm³/mol. The van der Waals surface area contributed by atoms with E-state index in [1.54, 1.807) is 4.90 Å². The summed E-state index contributed by atoms with van der Waals surface area (Å²) in [6, 6.07) is 13.2. The second-order valence-corrected chi connectivity index (χ2v) is 8.48. The molecule has 162 valence electrons. The molecule has 3 aliphatic rings. The first-order chi connectivity index (χ1) is 15.0. The number of carbonyl (C=O) groups excluding carboxylic acids is 2. The number of nitrogens with zero attached hydrogens (tertiary/aromatic N) is 3. The van der Waals surface area contributed by atoms with Gasteiger partial charge in [-0.3, -0.25) is 14.5 Å². The monoisotopic (exact) mass is 426 g/mol. The maximum absolute atomic E-state index is 13.9. The maximum atomic E-state index is 13.9. The molecule has 3 fully saturated rings. The Morgan fingerprint density at radius 3 is 2.42 bits per heavy atom. The Labute approximate surface area is 179 Å². The molecule has 0 aliphatic carbocycles. The van der Waals surface area contributed by atoms with Crippen LogP contribution in [0.25, 0.3) is 0 Å². The molecule has 3 aliphatic heterocycles. The lowest BCUT2D eigenvalue weighted by molar-refractivity contribution is -0.125. The molecule has 1 spiro atoms. The Morgan fingerprint density at radius 1 is 1.03 bits per heavy atom. The van der Waals surface area contributed by atoms with Crippen LogP contribution in [0.3, 0.4) is 0 Å². The second-order valence-electron chi connectivity index (χ2n) is 8.48. The molecule has 1 N–H and O–H groups in total. The Morgan fingerprint density at radius 2 is 1.74 bits per heavy atom. The fourth-order valence-corrected chi connectivity index (χ4v) is 4.98. The van der Waals surface area contributed by atoms with Crippen molar-refractivity contribution in [3.05, 3.63) is 65.7 Å². The average Bonchev–Trinajstić information content (AvgIpc) is 3.04. The van der Waals surface area contributed by atoms with Gasteiger partial charge in [0.1, 0.15) is 17.2 Å². The summed E-state index contributed by atoms with van der Waals surface area (Å²) in [5.41, 5.74) is 0.406. The Balaban J connectivity index is 1.21. The van der Waals surface area contributed by atoms with Crippen molar-refractivity contribution in [2.24, 2.45) is 0 Å². The van der Waals surface area contributed by atoms with E-state index < -0.39 is 23.1 Å². The summed E-state index contributed by atoms with van der Waals surface area (Å²) in [6.07, 6.45) is 1.43. The molecular formula is C23H24F2N4O2. The maximum Gasteiger partial charge on any atom is 0.256 e. The Hall–Kier alpha value is -3.00. The Kier molecular flexibility index (Phi) is 4.89. The van der Waals surface area contributed by atoms with Gasteiger partial charge in [0.05, 0.1) is 12.2 Å². The Bertz CT molecular complexity index is 1000. The number of amides is 2. The molecule has 0 atom stereocenters. The van der Waals surface area contributed by atoms with E-state index in [0.717, 1.165) is 30.9 Å². The third kappa shape index (κ3) is 3.35. The van der Waals surface area contributed by atoms with Crippen LogP contribution < -0.4 is 10.2 Å². The third-order valence-corrected chi connectivity index (χ3v) is 6.86. The van der Waals surface area contributed by atoms with Gasteiger partial charge >= 0.3 is 0 Å². The van der Waals surface area contributed by atoms with Gasteiger partial charge in [-0.2, -0.15) is 0 Å². The van der Waals surface area contributed by atoms with Gasteiger partial charge < -0.3 is 15.1 Å². The molecule has 2 aromatic rings. The number of carbonyl (C=O) groups is 2. The molecule has 2 amide bonds. The molecule has 0 bridgehead atoms. The summed E-state index contributed by atoms with van der Waals surface area (Å²) >= 11 is 0. The van der Waals surface area contributed by atoms with Crippen LogP contribution in [0, 0.1) is 11.6 Å². The molecule has 6 nitrogen and oxygen atoms in total. The van der Waals surface area contributed by atoms with Gasteiger partial charge in [-0.25, -0.2) is 8.78 Å². The number of anilines is 1. The summed E-state index contributed by atoms with van der Waals surface area (Å²) < 4.78 is 27.0. The molecule has 0 aromatic heterocycles. The number of hydrogen-bond acceptors (Lipinski definition) is 4.